The Morgan fingerprint density at radius 1 is 1.19 bits per heavy atom. The van der Waals surface area contributed by atoms with E-state index in [0.717, 1.165) is 74.8 Å². The van der Waals surface area contributed by atoms with Crippen LogP contribution in [0.5, 0.6) is 0 Å². The fourth-order valence-electron chi connectivity index (χ4n) is 6.21. The molecule has 2 aliphatic rings. The average Bonchev–Trinajstić information content (AvgIpc) is 2.90. The van der Waals surface area contributed by atoms with Crippen LogP contribution in [0.15, 0.2) is 55.8 Å². The molecule has 0 amide bonds. The maximum absolute atomic E-state index is 6.38. The highest BCUT2D eigenvalue weighted by atomic mass is 35.5. The van der Waals surface area contributed by atoms with Crippen LogP contribution in [-0.4, -0.2) is 49.7 Å². The van der Waals surface area contributed by atoms with Crippen molar-refractivity contribution in [1.29, 1.82) is 0 Å². The highest BCUT2D eigenvalue weighted by Crippen LogP contribution is 2.41. The van der Waals surface area contributed by atoms with E-state index in [2.05, 4.69) is 72.7 Å². The maximum Gasteiger partial charge on any atom is 0.131 e. The molecule has 0 radical (unpaired) electrons. The third kappa shape index (κ3) is 6.41. The van der Waals surface area contributed by atoms with E-state index in [1.54, 1.807) is 0 Å². The summed E-state index contributed by atoms with van der Waals surface area (Å²) in [6.07, 6.45) is 15.2. The molecule has 2 heterocycles. The number of rotatable bonds is 12. The first kappa shape index (κ1) is 27.7. The van der Waals surface area contributed by atoms with E-state index in [4.69, 9.17) is 16.6 Å². The largest absolute Gasteiger partial charge is 0.388 e. The molecule has 0 unspecified atom stereocenters. The molecule has 1 aromatic heterocycles. The third-order valence-electron chi connectivity index (χ3n) is 8.71. The van der Waals surface area contributed by atoms with E-state index in [1.807, 2.05) is 19.2 Å². The van der Waals surface area contributed by atoms with Crippen molar-refractivity contribution < 1.29 is 0 Å². The molecule has 2 aromatic rings. The van der Waals surface area contributed by atoms with Gasteiger partial charge in [-0.3, -0.25) is 0 Å². The minimum Gasteiger partial charge on any atom is -0.388 e. The van der Waals surface area contributed by atoms with Crippen LogP contribution < -0.4 is 10.2 Å². The predicted molar refractivity (Wildman–Crippen MR) is 160 cm³/mol. The Bertz CT molecular complexity index is 1070. The van der Waals surface area contributed by atoms with Crippen molar-refractivity contribution in [2.24, 2.45) is 5.92 Å². The van der Waals surface area contributed by atoms with E-state index in [-0.39, 0.29) is 5.41 Å². The van der Waals surface area contributed by atoms with Gasteiger partial charge in [0.2, 0.25) is 0 Å². The molecule has 0 bridgehead atoms. The topological polar surface area (TPSA) is 31.4 Å². The lowest BCUT2D eigenvalue weighted by molar-refractivity contribution is 0.182. The van der Waals surface area contributed by atoms with Crippen molar-refractivity contribution in [2.75, 3.05) is 43.9 Å². The summed E-state index contributed by atoms with van der Waals surface area (Å²) in [6, 6.07) is 9.20. The number of hydrogen-bond donors (Lipinski definition) is 1. The van der Waals surface area contributed by atoms with Gasteiger partial charge in [0, 0.05) is 42.5 Å². The number of pyridine rings is 1. The Labute approximate surface area is 229 Å². The predicted octanol–water partition coefficient (Wildman–Crippen LogP) is 7.28. The van der Waals surface area contributed by atoms with E-state index in [1.165, 1.54) is 35.3 Å². The lowest BCUT2D eigenvalue weighted by atomic mass is 9.72. The number of aromatic nitrogens is 1. The smallest absolute Gasteiger partial charge is 0.131 e. The van der Waals surface area contributed by atoms with Gasteiger partial charge in [-0.1, -0.05) is 36.7 Å². The van der Waals surface area contributed by atoms with Gasteiger partial charge < -0.3 is 15.1 Å². The summed E-state index contributed by atoms with van der Waals surface area (Å²) in [5.41, 5.74) is 5.13. The molecular formula is C32H45ClN4. The van der Waals surface area contributed by atoms with Crippen LogP contribution >= 0.6 is 11.6 Å². The Morgan fingerprint density at radius 3 is 2.59 bits per heavy atom. The number of nitrogens with zero attached hydrogens (tertiary/aromatic N) is 3. The quantitative estimate of drug-likeness (QED) is 0.298. The highest BCUT2D eigenvalue weighted by molar-refractivity contribution is 6.30. The lowest BCUT2D eigenvalue weighted by Crippen LogP contribution is -2.42. The lowest BCUT2D eigenvalue weighted by Gasteiger charge is -2.41. The number of halogens is 1. The zero-order valence-corrected chi connectivity index (χ0v) is 23.9. The molecule has 2 fully saturated rings. The molecule has 1 saturated carbocycles. The van der Waals surface area contributed by atoms with Crippen molar-refractivity contribution in [3.8, 4) is 0 Å². The summed E-state index contributed by atoms with van der Waals surface area (Å²) in [6.45, 7) is 13.8. The number of benzene rings is 1. The highest BCUT2D eigenvalue weighted by Gasteiger charge is 2.35. The van der Waals surface area contributed by atoms with Gasteiger partial charge in [-0.15, -0.1) is 13.2 Å². The van der Waals surface area contributed by atoms with Crippen LogP contribution in [0.3, 0.4) is 0 Å². The molecule has 1 saturated heterocycles. The third-order valence-corrected chi connectivity index (χ3v) is 8.95. The Balaban J connectivity index is 1.34. The molecule has 1 aromatic carbocycles. The number of hydrogen-bond acceptors (Lipinski definition) is 4. The Hall–Kier alpha value is -2.30. The Morgan fingerprint density at radius 2 is 1.95 bits per heavy atom. The van der Waals surface area contributed by atoms with Gasteiger partial charge in [-0.2, -0.15) is 0 Å². The van der Waals surface area contributed by atoms with E-state index in [9.17, 15) is 0 Å². The molecular weight excluding hydrogens is 476 g/mol. The van der Waals surface area contributed by atoms with Crippen molar-refractivity contribution in [2.45, 2.75) is 69.7 Å². The first-order valence-electron chi connectivity index (χ1n) is 14.0. The second-order valence-corrected chi connectivity index (χ2v) is 11.7. The summed E-state index contributed by atoms with van der Waals surface area (Å²) < 4.78 is 0. The number of allylic oxidation sites excluding steroid dienone is 2. The second-order valence-electron chi connectivity index (χ2n) is 11.2. The van der Waals surface area contributed by atoms with Crippen LogP contribution in [0.25, 0.3) is 0 Å². The van der Waals surface area contributed by atoms with Crippen LogP contribution in [0.1, 0.15) is 62.1 Å². The van der Waals surface area contributed by atoms with Gasteiger partial charge in [-0.25, -0.2) is 4.98 Å². The van der Waals surface area contributed by atoms with Gasteiger partial charge >= 0.3 is 0 Å². The zero-order chi connectivity index (χ0) is 26.4. The molecule has 1 N–H and O–H groups in total. The molecule has 0 spiro atoms. The monoisotopic (exact) mass is 520 g/mol. The molecule has 4 nitrogen and oxygen atoms in total. The first-order valence-corrected chi connectivity index (χ1v) is 14.4. The number of nitrogens with one attached hydrogen (secondary N) is 1. The van der Waals surface area contributed by atoms with Crippen LogP contribution in [0.4, 0.5) is 11.5 Å². The standard InChI is InChI=1S/C32H45ClN4/c1-6-8-11-26-21-25(23-35-31(26)36(5)28-19-24(3)20-28)10-9-16-37-17-14-32(7-2,15-18-37)29-22-27(33)12-13-30(29)34-4/h6-7,12-13,21-24,28,34H,1-2,8-11,14-20H2,3-5H3. The van der Waals surface area contributed by atoms with Crippen LogP contribution in [-0.2, 0) is 18.3 Å². The van der Waals surface area contributed by atoms with Gasteiger partial charge in [-0.05, 0) is 112 Å². The van der Waals surface area contributed by atoms with E-state index < -0.39 is 0 Å². The zero-order valence-electron chi connectivity index (χ0n) is 23.1. The molecule has 200 valence electrons. The fourth-order valence-corrected chi connectivity index (χ4v) is 6.38. The van der Waals surface area contributed by atoms with Crippen molar-refractivity contribution >= 4 is 23.1 Å². The van der Waals surface area contributed by atoms with Gasteiger partial charge in [0.05, 0.1) is 0 Å². The minimum absolute atomic E-state index is 0.0240. The molecule has 1 aliphatic carbocycles. The number of likely N-dealkylation sites (tertiary alicyclic amines) is 1. The van der Waals surface area contributed by atoms with Crippen molar-refractivity contribution in [3.05, 3.63) is 77.5 Å². The molecule has 1 aliphatic heterocycles. The number of piperidine rings is 1. The minimum atomic E-state index is -0.0240. The number of anilines is 2. The Kier molecular flexibility index (Phi) is 9.36. The first-order chi connectivity index (χ1) is 17.9. The van der Waals surface area contributed by atoms with Crippen LogP contribution in [0.2, 0.25) is 5.02 Å². The van der Waals surface area contributed by atoms with Crippen molar-refractivity contribution in [1.82, 2.24) is 9.88 Å². The molecule has 37 heavy (non-hydrogen) atoms. The second kappa shape index (κ2) is 12.5. The van der Waals surface area contributed by atoms with Gasteiger partial charge in [0.15, 0.2) is 0 Å². The summed E-state index contributed by atoms with van der Waals surface area (Å²) in [5, 5.41) is 4.14. The van der Waals surface area contributed by atoms with Gasteiger partial charge in [0.25, 0.3) is 0 Å². The SMILES string of the molecule is C=CCCc1cc(CCCN2CCC(C=C)(c3cc(Cl)ccc3NC)CC2)cnc1N(C)C1CC(C)C1. The molecule has 0 atom stereocenters. The normalized spacial score (nSPS) is 21.2. The number of aryl methyl sites for hydroxylation is 2. The van der Waals surface area contributed by atoms with Crippen molar-refractivity contribution in [3.63, 3.8) is 0 Å². The molecule has 5 heteroatoms. The van der Waals surface area contributed by atoms with Crippen LogP contribution in [0, 0.1) is 5.92 Å². The van der Waals surface area contributed by atoms with Gasteiger partial charge in [0.1, 0.15) is 5.82 Å². The summed E-state index contributed by atoms with van der Waals surface area (Å²) in [4.78, 5) is 9.99. The fraction of sp³-hybridized carbons (Fsp3) is 0.531. The summed E-state index contributed by atoms with van der Waals surface area (Å²) in [7, 11) is 4.20. The van der Waals surface area contributed by atoms with E-state index in [0.29, 0.717) is 6.04 Å². The van der Waals surface area contributed by atoms with E-state index >= 15 is 0 Å². The maximum atomic E-state index is 6.38. The summed E-state index contributed by atoms with van der Waals surface area (Å²) in [5.74, 6) is 2.01. The average molecular weight is 521 g/mol. The molecule has 4 rings (SSSR count). The summed E-state index contributed by atoms with van der Waals surface area (Å²) >= 11 is 6.38.